The number of hydrogen-bond acceptors (Lipinski definition) is 5. The Bertz CT molecular complexity index is 141. The molecule has 0 aromatic carbocycles. The van der Waals surface area contributed by atoms with Crippen molar-refractivity contribution in [2.45, 2.75) is 25.6 Å². The van der Waals surface area contributed by atoms with Crippen LogP contribution in [0.25, 0.3) is 0 Å². The van der Waals surface area contributed by atoms with E-state index in [-0.39, 0.29) is 26.5 Å². The second-order valence-electron chi connectivity index (χ2n) is 3.04. The van der Waals surface area contributed by atoms with Gasteiger partial charge in [-0.1, -0.05) is 6.92 Å². The van der Waals surface area contributed by atoms with E-state index < -0.39 is 0 Å². The van der Waals surface area contributed by atoms with Crippen molar-refractivity contribution < 1.29 is 23.7 Å². The van der Waals surface area contributed by atoms with Crippen LogP contribution in [0, 0.1) is 0 Å². The second kappa shape index (κ2) is 7.14. The largest absolute Gasteiger partial charge is 0.367 e. The number of hydrogen-bond donors (Lipinski definition) is 0. The highest BCUT2D eigenvalue weighted by atomic mass is 16.8. The third-order valence-corrected chi connectivity index (χ3v) is 1.91. The SMILES string of the molecule is CCC1OC1COCOCOCOC. The summed E-state index contributed by atoms with van der Waals surface area (Å²) in [7, 11) is 1.56. The van der Waals surface area contributed by atoms with Gasteiger partial charge in [0.1, 0.15) is 19.7 Å². The summed E-state index contributed by atoms with van der Waals surface area (Å²) in [6, 6.07) is 0. The van der Waals surface area contributed by atoms with E-state index in [2.05, 4.69) is 11.7 Å². The lowest BCUT2D eigenvalue weighted by Gasteiger charge is -2.04. The molecule has 1 aliphatic rings. The van der Waals surface area contributed by atoms with E-state index in [4.69, 9.17) is 18.9 Å². The van der Waals surface area contributed by atoms with Crippen molar-refractivity contribution in [2.24, 2.45) is 0 Å². The molecule has 84 valence electrons. The van der Waals surface area contributed by atoms with Gasteiger partial charge in [0.05, 0.1) is 12.7 Å². The fourth-order valence-corrected chi connectivity index (χ4v) is 1.12. The van der Waals surface area contributed by atoms with Crippen LogP contribution in [0.3, 0.4) is 0 Å². The quantitative estimate of drug-likeness (QED) is 0.316. The highest BCUT2D eigenvalue weighted by Gasteiger charge is 2.36. The van der Waals surface area contributed by atoms with E-state index >= 15 is 0 Å². The molecule has 14 heavy (non-hydrogen) atoms. The van der Waals surface area contributed by atoms with Crippen LogP contribution < -0.4 is 0 Å². The maximum atomic E-state index is 5.28. The van der Waals surface area contributed by atoms with E-state index in [1.807, 2.05) is 0 Å². The maximum absolute atomic E-state index is 5.28. The average Bonchev–Trinajstić information content (AvgIpc) is 2.95. The predicted octanol–water partition coefficient (Wildman–Crippen LogP) is 0.732. The fraction of sp³-hybridized carbons (Fsp3) is 1.00. The Morgan fingerprint density at radius 1 is 1.00 bits per heavy atom. The molecule has 0 aromatic rings. The zero-order valence-electron chi connectivity index (χ0n) is 8.73. The molecule has 1 fully saturated rings. The van der Waals surface area contributed by atoms with Crippen LogP contribution in [-0.4, -0.2) is 46.3 Å². The van der Waals surface area contributed by atoms with Crippen LogP contribution in [0.15, 0.2) is 0 Å². The molecule has 0 saturated carbocycles. The highest BCUT2D eigenvalue weighted by Crippen LogP contribution is 2.24. The first-order chi connectivity index (χ1) is 6.88. The molecule has 0 bridgehead atoms. The topological polar surface area (TPSA) is 49.5 Å². The maximum Gasteiger partial charge on any atom is 0.152 e. The zero-order valence-corrected chi connectivity index (χ0v) is 8.73. The Kier molecular flexibility index (Phi) is 6.05. The second-order valence-corrected chi connectivity index (χ2v) is 3.04. The van der Waals surface area contributed by atoms with Crippen LogP contribution in [-0.2, 0) is 23.7 Å². The molecule has 1 rings (SSSR count). The molecule has 1 saturated heterocycles. The van der Waals surface area contributed by atoms with Crippen molar-refractivity contribution in [1.82, 2.24) is 0 Å². The van der Waals surface area contributed by atoms with Gasteiger partial charge in [0.15, 0.2) is 6.79 Å². The minimum Gasteiger partial charge on any atom is -0.367 e. The molecule has 2 unspecified atom stereocenters. The summed E-state index contributed by atoms with van der Waals surface area (Å²) in [5.41, 5.74) is 0. The first-order valence-electron chi connectivity index (χ1n) is 4.76. The Morgan fingerprint density at radius 3 is 2.36 bits per heavy atom. The van der Waals surface area contributed by atoms with Crippen molar-refractivity contribution >= 4 is 0 Å². The van der Waals surface area contributed by atoms with Gasteiger partial charge in [0.25, 0.3) is 0 Å². The molecule has 0 N–H and O–H groups in total. The summed E-state index contributed by atoms with van der Waals surface area (Å²) in [6.45, 7) is 3.36. The van der Waals surface area contributed by atoms with Crippen LogP contribution in [0.2, 0.25) is 0 Å². The lowest BCUT2D eigenvalue weighted by molar-refractivity contribution is -0.164. The molecule has 0 amide bonds. The molecule has 0 aliphatic carbocycles. The van der Waals surface area contributed by atoms with Crippen LogP contribution in [0.4, 0.5) is 0 Å². The van der Waals surface area contributed by atoms with Gasteiger partial charge >= 0.3 is 0 Å². The molecule has 5 nitrogen and oxygen atoms in total. The van der Waals surface area contributed by atoms with Gasteiger partial charge in [-0.3, -0.25) is 0 Å². The molecule has 0 spiro atoms. The summed E-state index contributed by atoms with van der Waals surface area (Å²) >= 11 is 0. The molecular weight excluding hydrogens is 188 g/mol. The molecule has 5 heteroatoms. The Labute approximate surface area is 84.2 Å². The standard InChI is InChI=1S/C9H18O5/c1-3-8-9(14-8)4-11-6-13-7-12-5-10-2/h8-9H,3-7H2,1-2H3. The predicted molar refractivity (Wildman–Crippen MR) is 48.7 cm³/mol. The number of epoxide rings is 1. The molecule has 1 aliphatic heterocycles. The van der Waals surface area contributed by atoms with Gasteiger partial charge in [-0.25, -0.2) is 0 Å². The molecule has 0 radical (unpaired) electrons. The Morgan fingerprint density at radius 2 is 1.71 bits per heavy atom. The first-order valence-corrected chi connectivity index (χ1v) is 4.76. The monoisotopic (exact) mass is 206 g/mol. The van der Waals surface area contributed by atoms with Crippen molar-refractivity contribution in [1.29, 1.82) is 0 Å². The lowest BCUT2D eigenvalue weighted by Crippen LogP contribution is -2.10. The molecule has 1 heterocycles. The molecule has 2 atom stereocenters. The van der Waals surface area contributed by atoms with E-state index in [9.17, 15) is 0 Å². The average molecular weight is 206 g/mol. The van der Waals surface area contributed by atoms with Gasteiger partial charge in [-0.05, 0) is 6.42 Å². The van der Waals surface area contributed by atoms with Crippen molar-refractivity contribution in [3.8, 4) is 0 Å². The Hall–Kier alpha value is -0.200. The minimum atomic E-state index is 0.191. The molecule has 0 aromatic heterocycles. The normalized spacial score (nSPS) is 25.3. The van der Waals surface area contributed by atoms with E-state index in [1.165, 1.54) is 0 Å². The van der Waals surface area contributed by atoms with Crippen LogP contribution in [0.1, 0.15) is 13.3 Å². The van der Waals surface area contributed by atoms with Crippen LogP contribution in [0.5, 0.6) is 0 Å². The van der Waals surface area contributed by atoms with E-state index in [0.29, 0.717) is 12.7 Å². The smallest absolute Gasteiger partial charge is 0.152 e. The van der Waals surface area contributed by atoms with Gasteiger partial charge in [-0.15, -0.1) is 0 Å². The molecular formula is C9H18O5. The number of rotatable bonds is 9. The van der Waals surface area contributed by atoms with E-state index in [1.54, 1.807) is 7.11 Å². The summed E-state index contributed by atoms with van der Waals surface area (Å²) in [4.78, 5) is 0. The summed E-state index contributed by atoms with van der Waals surface area (Å²) in [5.74, 6) is 0. The highest BCUT2D eigenvalue weighted by molar-refractivity contribution is 4.82. The number of methoxy groups -OCH3 is 1. The summed E-state index contributed by atoms with van der Waals surface area (Å²) in [6.07, 6.45) is 1.70. The van der Waals surface area contributed by atoms with Crippen molar-refractivity contribution in [2.75, 3.05) is 34.1 Å². The summed E-state index contributed by atoms with van der Waals surface area (Å²) < 4.78 is 25.0. The fourth-order valence-electron chi connectivity index (χ4n) is 1.12. The zero-order chi connectivity index (χ0) is 10.2. The van der Waals surface area contributed by atoms with Gasteiger partial charge in [-0.2, -0.15) is 0 Å². The first kappa shape index (κ1) is 11.9. The third-order valence-electron chi connectivity index (χ3n) is 1.91. The van der Waals surface area contributed by atoms with Crippen molar-refractivity contribution in [3.05, 3.63) is 0 Å². The number of ether oxygens (including phenoxy) is 5. The summed E-state index contributed by atoms with van der Waals surface area (Å²) in [5, 5.41) is 0. The van der Waals surface area contributed by atoms with Crippen molar-refractivity contribution in [3.63, 3.8) is 0 Å². The minimum absolute atomic E-state index is 0.191. The van der Waals surface area contributed by atoms with Gasteiger partial charge in [0.2, 0.25) is 0 Å². The lowest BCUT2D eigenvalue weighted by atomic mass is 10.3. The van der Waals surface area contributed by atoms with Crippen LogP contribution >= 0.6 is 0 Å². The van der Waals surface area contributed by atoms with Gasteiger partial charge in [0, 0.05) is 7.11 Å². The van der Waals surface area contributed by atoms with Gasteiger partial charge < -0.3 is 23.7 Å². The van der Waals surface area contributed by atoms with E-state index in [0.717, 1.165) is 6.42 Å². The Balaban J connectivity index is 1.73. The third kappa shape index (κ3) is 4.88.